The molecule has 5 nitrogen and oxygen atoms in total. The van der Waals surface area contributed by atoms with Crippen molar-refractivity contribution in [2.75, 3.05) is 12.4 Å². The van der Waals surface area contributed by atoms with Gasteiger partial charge in [-0.25, -0.2) is 4.68 Å². The summed E-state index contributed by atoms with van der Waals surface area (Å²) in [6, 6.07) is 16.8. The first-order valence-corrected chi connectivity index (χ1v) is 6.82. The minimum absolute atomic E-state index is 0.202. The van der Waals surface area contributed by atoms with Gasteiger partial charge < -0.3 is 10.1 Å². The van der Waals surface area contributed by atoms with Crippen LogP contribution in [0.15, 0.2) is 67.0 Å². The van der Waals surface area contributed by atoms with E-state index in [0.717, 1.165) is 11.4 Å². The van der Waals surface area contributed by atoms with Crippen LogP contribution in [0.25, 0.3) is 5.69 Å². The maximum atomic E-state index is 12.2. The molecule has 0 radical (unpaired) electrons. The third kappa shape index (κ3) is 2.98. The average Bonchev–Trinajstić information content (AvgIpc) is 3.06. The molecule has 0 aliphatic carbocycles. The number of benzene rings is 2. The fourth-order valence-corrected chi connectivity index (χ4v) is 2.04. The molecule has 110 valence electrons. The van der Waals surface area contributed by atoms with Gasteiger partial charge in [0.15, 0.2) is 0 Å². The molecule has 0 atom stereocenters. The Hall–Kier alpha value is -3.08. The quantitative estimate of drug-likeness (QED) is 0.804. The SMILES string of the molecule is COc1ccc(NC(=O)c2cnn(-c3ccccc3)c2)cc1. The molecule has 2 aromatic carbocycles. The minimum Gasteiger partial charge on any atom is -0.497 e. The van der Waals surface area contributed by atoms with Crippen LogP contribution in [-0.2, 0) is 0 Å². The van der Waals surface area contributed by atoms with Crippen LogP contribution in [0.2, 0.25) is 0 Å². The van der Waals surface area contributed by atoms with Crippen molar-refractivity contribution in [3.8, 4) is 11.4 Å². The number of carbonyl (C=O) groups is 1. The number of methoxy groups -OCH3 is 1. The van der Waals surface area contributed by atoms with Crippen LogP contribution in [0, 0.1) is 0 Å². The van der Waals surface area contributed by atoms with Gasteiger partial charge in [-0.1, -0.05) is 18.2 Å². The van der Waals surface area contributed by atoms with Crippen molar-refractivity contribution in [1.82, 2.24) is 9.78 Å². The van der Waals surface area contributed by atoms with E-state index in [1.807, 2.05) is 30.3 Å². The number of nitrogens with zero attached hydrogens (tertiary/aromatic N) is 2. The van der Waals surface area contributed by atoms with Crippen LogP contribution in [0.4, 0.5) is 5.69 Å². The summed E-state index contributed by atoms with van der Waals surface area (Å²) in [5.41, 5.74) is 2.11. The highest BCUT2D eigenvalue weighted by atomic mass is 16.5. The number of ether oxygens (including phenoxy) is 1. The number of anilines is 1. The zero-order chi connectivity index (χ0) is 15.4. The zero-order valence-electron chi connectivity index (χ0n) is 12.1. The van der Waals surface area contributed by atoms with E-state index in [4.69, 9.17) is 4.74 Å². The van der Waals surface area contributed by atoms with Gasteiger partial charge in [0, 0.05) is 11.9 Å². The molecular formula is C17H15N3O2. The lowest BCUT2D eigenvalue weighted by molar-refractivity contribution is 0.102. The topological polar surface area (TPSA) is 56.1 Å². The summed E-state index contributed by atoms with van der Waals surface area (Å²) in [4.78, 5) is 12.2. The van der Waals surface area contributed by atoms with Crippen molar-refractivity contribution in [2.45, 2.75) is 0 Å². The molecule has 0 aliphatic heterocycles. The molecule has 1 amide bonds. The highest BCUT2D eigenvalue weighted by Crippen LogP contribution is 2.16. The summed E-state index contributed by atoms with van der Waals surface area (Å²) < 4.78 is 6.75. The third-order valence-corrected chi connectivity index (χ3v) is 3.21. The molecule has 0 spiro atoms. The molecule has 0 unspecified atom stereocenters. The zero-order valence-corrected chi connectivity index (χ0v) is 12.1. The summed E-state index contributed by atoms with van der Waals surface area (Å²) in [6.07, 6.45) is 3.25. The summed E-state index contributed by atoms with van der Waals surface area (Å²) in [5.74, 6) is 0.544. The van der Waals surface area contributed by atoms with Crippen molar-refractivity contribution in [3.63, 3.8) is 0 Å². The first-order chi connectivity index (χ1) is 10.8. The first kappa shape index (κ1) is 13.9. The number of hydrogen-bond donors (Lipinski definition) is 1. The van der Waals surface area contributed by atoms with Crippen LogP contribution in [-0.4, -0.2) is 22.8 Å². The first-order valence-electron chi connectivity index (χ1n) is 6.82. The fraction of sp³-hybridized carbons (Fsp3) is 0.0588. The number of carbonyl (C=O) groups excluding carboxylic acids is 1. The van der Waals surface area contributed by atoms with Gasteiger partial charge in [-0.2, -0.15) is 5.10 Å². The molecular weight excluding hydrogens is 278 g/mol. The van der Waals surface area contributed by atoms with E-state index >= 15 is 0 Å². The number of hydrogen-bond acceptors (Lipinski definition) is 3. The lowest BCUT2D eigenvalue weighted by Gasteiger charge is -2.04. The lowest BCUT2D eigenvalue weighted by Crippen LogP contribution is -2.10. The predicted octanol–water partition coefficient (Wildman–Crippen LogP) is 3.13. The summed E-state index contributed by atoms with van der Waals surface area (Å²) in [7, 11) is 1.60. The second-order valence-electron chi connectivity index (χ2n) is 4.69. The lowest BCUT2D eigenvalue weighted by atomic mass is 10.2. The van der Waals surface area contributed by atoms with E-state index in [9.17, 15) is 4.79 Å². The predicted molar refractivity (Wildman–Crippen MR) is 84.5 cm³/mol. The smallest absolute Gasteiger partial charge is 0.258 e. The van der Waals surface area contributed by atoms with Gasteiger partial charge in [-0.3, -0.25) is 4.79 Å². The van der Waals surface area contributed by atoms with Gasteiger partial charge in [-0.05, 0) is 36.4 Å². The standard InChI is InChI=1S/C17H15N3O2/c1-22-16-9-7-14(8-10-16)19-17(21)13-11-18-20(12-13)15-5-3-2-4-6-15/h2-12H,1H3,(H,19,21). The molecule has 1 N–H and O–H groups in total. The Morgan fingerprint density at radius 2 is 1.82 bits per heavy atom. The van der Waals surface area contributed by atoms with Gasteiger partial charge in [0.25, 0.3) is 5.91 Å². The van der Waals surface area contributed by atoms with E-state index < -0.39 is 0 Å². The van der Waals surface area contributed by atoms with E-state index in [1.165, 1.54) is 0 Å². The summed E-state index contributed by atoms with van der Waals surface area (Å²) >= 11 is 0. The van der Waals surface area contributed by atoms with Crippen molar-refractivity contribution < 1.29 is 9.53 Å². The monoisotopic (exact) mass is 293 g/mol. The molecule has 1 aromatic heterocycles. The van der Waals surface area contributed by atoms with Crippen LogP contribution < -0.4 is 10.1 Å². The third-order valence-electron chi connectivity index (χ3n) is 3.21. The van der Waals surface area contributed by atoms with E-state index in [2.05, 4.69) is 10.4 Å². The van der Waals surface area contributed by atoms with Gasteiger partial charge in [0.2, 0.25) is 0 Å². The van der Waals surface area contributed by atoms with Crippen LogP contribution in [0.3, 0.4) is 0 Å². The second kappa shape index (κ2) is 6.13. The second-order valence-corrected chi connectivity index (χ2v) is 4.69. The van der Waals surface area contributed by atoms with Crippen LogP contribution >= 0.6 is 0 Å². The fourth-order valence-electron chi connectivity index (χ4n) is 2.04. The maximum Gasteiger partial charge on any atom is 0.258 e. The minimum atomic E-state index is -0.202. The largest absolute Gasteiger partial charge is 0.497 e. The molecule has 5 heteroatoms. The molecule has 0 aliphatic rings. The van der Waals surface area contributed by atoms with Gasteiger partial charge in [0.1, 0.15) is 5.75 Å². The van der Waals surface area contributed by atoms with Crippen molar-refractivity contribution in [1.29, 1.82) is 0 Å². The number of nitrogens with one attached hydrogen (secondary N) is 1. The Balaban J connectivity index is 1.74. The van der Waals surface area contributed by atoms with E-state index in [1.54, 1.807) is 48.5 Å². The Labute approximate surface area is 128 Å². The number of para-hydroxylation sites is 1. The number of aromatic nitrogens is 2. The number of amides is 1. The highest BCUT2D eigenvalue weighted by Gasteiger charge is 2.09. The molecule has 0 saturated carbocycles. The van der Waals surface area contributed by atoms with Crippen LogP contribution in [0.5, 0.6) is 5.75 Å². The summed E-state index contributed by atoms with van der Waals surface area (Å²) in [5, 5.41) is 7.04. The molecule has 1 heterocycles. The number of rotatable bonds is 4. The normalized spacial score (nSPS) is 10.2. The van der Waals surface area contributed by atoms with Crippen molar-refractivity contribution >= 4 is 11.6 Å². The Morgan fingerprint density at radius 1 is 1.09 bits per heavy atom. The van der Waals surface area contributed by atoms with E-state index in [0.29, 0.717) is 11.3 Å². The van der Waals surface area contributed by atoms with Crippen molar-refractivity contribution in [2.24, 2.45) is 0 Å². The van der Waals surface area contributed by atoms with Gasteiger partial charge in [0.05, 0.1) is 24.6 Å². The molecule has 0 bridgehead atoms. The average molecular weight is 293 g/mol. The molecule has 0 saturated heterocycles. The summed E-state index contributed by atoms with van der Waals surface area (Å²) in [6.45, 7) is 0. The van der Waals surface area contributed by atoms with Crippen molar-refractivity contribution in [3.05, 3.63) is 72.6 Å². The molecule has 3 rings (SSSR count). The highest BCUT2D eigenvalue weighted by molar-refractivity contribution is 6.04. The van der Waals surface area contributed by atoms with E-state index in [-0.39, 0.29) is 5.91 Å². The Bertz CT molecular complexity index is 764. The molecule has 22 heavy (non-hydrogen) atoms. The van der Waals surface area contributed by atoms with Crippen LogP contribution in [0.1, 0.15) is 10.4 Å². The maximum absolute atomic E-state index is 12.2. The molecule has 0 fully saturated rings. The van der Waals surface area contributed by atoms with Gasteiger partial charge >= 0.3 is 0 Å². The molecule has 3 aromatic rings. The van der Waals surface area contributed by atoms with Gasteiger partial charge in [-0.15, -0.1) is 0 Å². The Morgan fingerprint density at radius 3 is 2.50 bits per heavy atom. The Kier molecular flexibility index (Phi) is 3.87.